The molecule has 1 amide bonds. The van der Waals surface area contributed by atoms with E-state index in [9.17, 15) is 9.90 Å². The standard InChI is InChI=1S/C21H27ClN4O2/c22-16-8-9-19-23-20(21(28)24-10-4-2-1-3-5-11-24)18(26(19)13-16)14-25-12-6-7-17(25)15-27/h6-9,13,17,27H,1-5,10-12,14-15H2. The zero-order chi connectivity index (χ0) is 19.5. The third-order valence-electron chi connectivity index (χ3n) is 5.73. The fourth-order valence-electron chi connectivity index (χ4n) is 4.15. The van der Waals surface area contributed by atoms with Crippen LogP contribution in [0.25, 0.3) is 5.65 Å². The first kappa shape index (κ1) is 19.4. The maximum absolute atomic E-state index is 13.4. The second-order valence-electron chi connectivity index (χ2n) is 7.65. The van der Waals surface area contributed by atoms with E-state index in [1.807, 2.05) is 27.6 Å². The number of aliphatic hydroxyl groups excluding tert-OH is 1. The summed E-state index contributed by atoms with van der Waals surface area (Å²) < 4.78 is 1.92. The molecule has 4 rings (SSSR count). The summed E-state index contributed by atoms with van der Waals surface area (Å²) in [4.78, 5) is 22.2. The van der Waals surface area contributed by atoms with Crippen molar-refractivity contribution in [2.24, 2.45) is 0 Å². The lowest BCUT2D eigenvalue weighted by atomic mass is 10.1. The monoisotopic (exact) mass is 402 g/mol. The van der Waals surface area contributed by atoms with Gasteiger partial charge in [0.2, 0.25) is 0 Å². The molecule has 0 saturated carbocycles. The average Bonchev–Trinajstić information content (AvgIpc) is 3.26. The molecule has 4 heterocycles. The summed E-state index contributed by atoms with van der Waals surface area (Å²) in [5.74, 6) is 0.00410. The molecule has 2 aromatic heterocycles. The van der Waals surface area contributed by atoms with Crippen LogP contribution in [0.2, 0.25) is 5.02 Å². The molecule has 0 aromatic carbocycles. The Balaban J connectivity index is 1.69. The van der Waals surface area contributed by atoms with Gasteiger partial charge in [-0.3, -0.25) is 9.69 Å². The number of nitrogens with zero attached hydrogens (tertiary/aromatic N) is 4. The number of hydrogen-bond acceptors (Lipinski definition) is 4. The summed E-state index contributed by atoms with van der Waals surface area (Å²) in [7, 11) is 0. The minimum atomic E-state index is -0.0330. The van der Waals surface area contributed by atoms with E-state index in [0.717, 1.165) is 43.8 Å². The number of imidazole rings is 1. The van der Waals surface area contributed by atoms with Gasteiger partial charge in [0.1, 0.15) is 5.65 Å². The van der Waals surface area contributed by atoms with Crippen molar-refractivity contribution in [3.05, 3.63) is 46.9 Å². The highest BCUT2D eigenvalue weighted by Gasteiger charge is 2.28. The van der Waals surface area contributed by atoms with E-state index in [1.165, 1.54) is 19.3 Å². The van der Waals surface area contributed by atoms with Gasteiger partial charge >= 0.3 is 0 Å². The number of fused-ring (bicyclic) bond motifs is 1. The van der Waals surface area contributed by atoms with Crippen LogP contribution in [0.3, 0.4) is 0 Å². The van der Waals surface area contributed by atoms with Crippen LogP contribution in [0.1, 0.15) is 48.3 Å². The Morgan fingerprint density at radius 3 is 2.68 bits per heavy atom. The molecule has 2 aromatic rings. The van der Waals surface area contributed by atoms with Crippen LogP contribution in [-0.2, 0) is 6.54 Å². The van der Waals surface area contributed by atoms with Gasteiger partial charge in [-0.2, -0.15) is 0 Å². The third-order valence-corrected chi connectivity index (χ3v) is 5.96. The van der Waals surface area contributed by atoms with Crippen LogP contribution in [0.5, 0.6) is 0 Å². The summed E-state index contributed by atoms with van der Waals surface area (Å²) in [6.45, 7) is 2.92. The van der Waals surface area contributed by atoms with Crippen LogP contribution < -0.4 is 0 Å². The molecule has 1 atom stereocenters. The van der Waals surface area contributed by atoms with E-state index in [1.54, 1.807) is 6.07 Å². The number of carbonyl (C=O) groups excluding carboxylic acids is 1. The van der Waals surface area contributed by atoms with Gasteiger partial charge in [0.15, 0.2) is 5.69 Å². The Morgan fingerprint density at radius 1 is 1.18 bits per heavy atom. The minimum absolute atomic E-state index is 0.00410. The van der Waals surface area contributed by atoms with E-state index in [4.69, 9.17) is 11.6 Å². The van der Waals surface area contributed by atoms with Crippen molar-refractivity contribution in [1.82, 2.24) is 19.2 Å². The number of rotatable bonds is 4. The van der Waals surface area contributed by atoms with Gasteiger partial charge in [0.25, 0.3) is 5.91 Å². The molecule has 2 aliphatic rings. The van der Waals surface area contributed by atoms with Gasteiger partial charge in [-0.1, -0.05) is 43.0 Å². The molecule has 1 fully saturated rings. The number of aromatic nitrogens is 2. The average molecular weight is 403 g/mol. The first-order chi connectivity index (χ1) is 13.7. The molecule has 0 radical (unpaired) electrons. The van der Waals surface area contributed by atoms with Crippen molar-refractivity contribution in [3.8, 4) is 0 Å². The number of carbonyl (C=O) groups is 1. The van der Waals surface area contributed by atoms with Crippen LogP contribution in [0.15, 0.2) is 30.5 Å². The van der Waals surface area contributed by atoms with Gasteiger partial charge in [0, 0.05) is 32.4 Å². The van der Waals surface area contributed by atoms with Crippen molar-refractivity contribution in [3.63, 3.8) is 0 Å². The molecule has 150 valence electrons. The maximum atomic E-state index is 13.4. The number of hydrogen-bond donors (Lipinski definition) is 1. The molecule has 0 aliphatic carbocycles. The quantitative estimate of drug-likeness (QED) is 0.798. The van der Waals surface area contributed by atoms with E-state index < -0.39 is 0 Å². The lowest BCUT2D eigenvalue weighted by molar-refractivity contribution is 0.0734. The molecule has 0 bridgehead atoms. The highest BCUT2D eigenvalue weighted by atomic mass is 35.5. The molecule has 1 N–H and O–H groups in total. The Hall–Kier alpha value is -1.89. The van der Waals surface area contributed by atoms with Crippen molar-refractivity contribution in [2.75, 3.05) is 26.2 Å². The molecule has 1 unspecified atom stereocenters. The summed E-state index contributed by atoms with van der Waals surface area (Å²) in [6, 6.07) is 3.61. The summed E-state index contributed by atoms with van der Waals surface area (Å²) >= 11 is 6.23. The fourth-order valence-corrected chi connectivity index (χ4v) is 4.31. The smallest absolute Gasteiger partial charge is 0.274 e. The fraction of sp³-hybridized carbons (Fsp3) is 0.524. The number of aliphatic hydroxyl groups is 1. The molecule has 1 saturated heterocycles. The predicted octanol–water partition coefficient (Wildman–Crippen LogP) is 3.13. The first-order valence-electron chi connectivity index (χ1n) is 10.1. The van der Waals surface area contributed by atoms with E-state index in [-0.39, 0.29) is 18.6 Å². The molecule has 28 heavy (non-hydrogen) atoms. The van der Waals surface area contributed by atoms with Crippen molar-refractivity contribution in [2.45, 2.75) is 44.7 Å². The second kappa shape index (κ2) is 8.64. The molecule has 7 heteroatoms. The lowest BCUT2D eigenvalue weighted by Crippen LogP contribution is -2.36. The summed E-state index contributed by atoms with van der Waals surface area (Å²) in [5, 5.41) is 10.3. The van der Waals surface area contributed by atoms with Gasteiger partial charge in [0.05, 0.1) is 23.4 Å². The van der Waals surface area contributed by atoms with Gasteiger partial charge in [-0.05, 0) is 25.0 Å². The van der Waals surface area contributed by atoms with Crippen LogP contribution in [0.4, 0.5) is 0 Å². The number of amides is 1. The summed E-state index contributed by atoms with van der Waals surface area (Å²) in [6.07, 6.45) is 11.6. The summed E-state index contributed by atoms with van der Waals surface area (Å²) in [5.41, 5.74) is 2.07. The molecule has 6 nitrogen and oxygen atoms in total. The first-order valence-corrected chi connectivity index (χ1v) is 10.5. The number of halogens is 1. The predicted molar refractivity (Wildman–Crippen MR) is 110 cm³/mol. The maximum Gasteiger partial charge on any atom is 0.274 e. The van der Waals surface area contributed by atoms with E-state index >= 15 is 0 Å². The van der Waals surface area contributed by atoms with Crippen molar-refractivity contribution < 1.29 is 9.90 Å². The van der Waals surface area contributed by atoms with Gasteiger partial charge in [-0.15, -0.1) is 0 Å². The van der Waals surface area contributed by atoms with Crippen molar-refractivity contribution >= 4 is 23.2 Å². The van der Waals surface area contributed by atoms with Gasteiger partial charge in [-0.25, -0.2) is 4.98 Å². The Bertz CT molecular complexity index is 871. The largest absolute Gasteiger partial charge is 0.394 e. The lowest BCUT2D eigenvalue weighted by Gasteiger charge is -2.26. The zero-order valence-electron chi connectivity index (χ0n) is 16.1. The van der Waals surface area contributed by atoms with Crippen molar-refractivity contribution in [1.29, 1.82) is 0 Å². The molecule has 0 spiro atoms. The van der Waals surface area contributed by atoms with Gasteiger partial charge < -0.3 is 14.4 Å². The number of likely N-dealkylation sites (tertiary alicyclic amines) is 1. The Kier molecular flexibility index (Phi) is 5.99. The third kappa shape index (κ3) is 3.95. The van der Waals surface area contributed by atoms with Crippen LogP contribution in [-0.4, -0.2) is 62.5 Å². The SMILES string of the molecule is O=C(c1nc2ccc(Cl)cn2c1CN1CC=CC1CO)N1CCCCCCC1. The van der Waals surface area contributed by atoms with E-state index in [0.29, 0.717) is 17.3 Å². The van der Waals surface area contributed by atoms with Crippen LogP contribution >= 0.6 is 11.6 Å². The molecular weight excluding hydrogens is 376 g/mol. The topological polar surface area (TPSA) is 61.1 Å². The normalized spacial score (nSPS) is 21.2. The van der Waals surface area contributed by atoms with Crippen LogP contribution in [0, 0.1) is 0 Å². The highest BCUT2D eigenvalue weighted by Crippen LogP contribution is 2.23. The zero-order valence-corrected chi connectivity index (χ0v) is 16.8. The minimum Gasteiger partial charge on any atom is -0.394 e. The number of pyridine rings is 1. The van der Waals surface area contributed by atoms with E-state index in [2.05, 4.69) is 16.0 Å². The Labute approximate surface area is 170 Å². The highest BCUT2D eigenvalue weighted by molar-refractivity contribution is 6.30. The Morgan fingerprint density at radius 2 is 1.93 bits per heavy atom. The molecule has 2 aliphatic heterocycles. The molecular formula is C21H27ClN4O2. The second-order valence-corrected chi connectivity index (χ2v) is 8.09.